The Bertz CT molecular complexity index is 1030. The summed E-state index contributed by atoms with van der Waals surface area (Å²) in [5, 5.41) is 4.13. The number of carbonyl (C=O) groups is 1. The summed E-state index contributed by atoms with van der Waals surface area (Å²) in [7, 11) is 3.17. The number of likely N-dealkylation sites (tertiary alicyclic amines) is 1. The summed E-state index contributed by atoms with van der Waals surface area (Å²) in [6, 6.07) is 13.3. The first kappa shape index (κ1) is 19.9. The van der Waals surface area contributed by atoms with Crippen molar-refractivity contribution in [3.63, 3.8) is 0 Å². The summed E-state index contributed by atoms with van der Waals surface area (Å²) >= 11 is 0. The second kappa shape index (κ2) is 8.57. The van der Waals surface area contributed by atoms with Crippen molar-refractivity contribution in [2.75, 3.05) is 20.8 Å². The smallest absolute Gasteiger partial charge is 0.249 e. The fourth-order valence-corrected chi connectivity index (χ4v) is 3.77. The maximum absolute atomic E-state index is 12.9. The van der Waals surface area contributed by atoms with Crippen LogP contribution in [0.25, 0.3) is 11.4 Å². The maximum atomic E-state index is 12.9. The van der Waals surface area contributed by atoms with E-state index in [0.717, 1.165) is 24.0 Å². The molecule has 1 fully saturated rings. The third-order valence-electron chi connectivity index (χ3n) is 5.42. The van der Waals surface area contributed by atoms with Gasteiger partial charge in [0.05, 0.1) is 20.6 Å². The Morgan fingerprint density at radius 1 is 1.13 bits per heavy atom. The van der Waals surface area contributed by atoms with Crippen LogP contribution < -0.4 is 9.47 Å². The van der Waals surface area contributed by atoms with Gasteiger partial charge in [-0.2, -0.15) is 4.98 Å². The molecule has 1 unspecified atom stereocenters. The maximum Gasteiger partial charge on any atom is 0.249 e. The van der Waals surface area contributed by atoms with E-state index in [9.17, 15) is 4.79 Å². The molecule has 4 rings (SSSR count). The Morgan fingerprint density at radius 2 is 1.90 bits per heavy atom. The molecule has 156 valence electrons. The molecule has 0 bridgehead atoms. The molecule has 2 heterocycles. The lowest BCUT2D eigenvalue weighted by Crippen LogP contribution is -2.32. The summed E-state index contributed by atoms with van der Waals surface area (Å²) in [5.41, 5.74) is 2.95. The number of aryl methyl sites for hydroxylation is 1. The average molecular weight is 407 g/mol. The topological polar surface area (TPSA) is 77.7 Å². The minimum absolute atomic E-state index is 0.0761. The van der Waals surface area contributed by atoms with Gasteiger partial charge in [-0.1, -0.05) is 35.0 Å². The van der Waals surface area contributed by atoms with Gasteiger partial charge in [-0.3, -0.25) is 4.79 Å². The van der Waals surface area contributed by atoms with Crippen molar-refractivity contribution < 1.29 is 18.8 Å². The van der Waals surface area contributed by atoms with Crippen molar-refractivity contribution in [2.24, 2.45) is 0 Å². The molecule has 7 nitrogen and oxygen atoms in total. The van der Waals surface area contributed by atoms with Crippen LogP contribution in [0, 0.1) is 6.92 Å². The quantitative estimate of drug-likeness (QED) is 0.615. The molecular formula is C23H25N3O4. The Labute approximate surface area is 175 Å². The third kappa shape index (κ3) is 4.01. The summed E-state index contributed by atoms with van der Waals surface area (Å²) in [5.74, 6) is 2.23. The monoisotopic (exact) mass is 407 g/mol. The minimum Gasteiger partial charge on any atom is -0.493 e. The van der Waals surface area contributed by atoms with Crippen molar-refractivity contribution in [1.82, 2.24) is 15.0 Å². The molecule has 1 saturated heterocycles. The number of hydrogen-bond acceptors (Lipinski definition) is 6. The molecule has 0 saturated carbocycles. The van der Waals surface area contributed by atoms with Gasteiger partial charge in [0.1, 0.15) is 6.04 Å². The van der Waals surface area contributed by atoms with Crippen LogP contribution in [0.2, 0.25) is 0 Å². The predicted octanol–water partition coefficient (Wildman–Crippen LogP) is 3.97. The number of rotatable bonds is 6. The first-order chi connectivity index (χ1) is 14.6. The summed E-state index contributed by atoms with van der Waals surface area (Å²) in [4.78, 5) is 19.3. The average Bonchev–Trinajstić information content (AvgIpc) is 3.44. The van der Waals surface area contributed by atoms with Crippen LogP contribution in [0.1, 0.15) is 35.9 Å². The zero-order chi connectivity index (χ0) is 21.1. The SMILES string of the molecule is COc1ccc(-c2noc(C3CCCN3C(=O)Cc3ccc(C)cc3)n2)cc1OC. The van der Waals surface area contributed by atoms with Crippen molar-refractivity contribution >= 4 is 5.91 Å². The molecule has 0 radical (unpaired) electrons. The molecule has 1 atom stereocenters. The van der Waals surface area contributed by atoms with Crippen LogP contribution in [0.3, 0.4) is 0 Å². The normalized spacial score (nSPS) is 16.0. The van der Waals surface area contributed by atoms with Crippen molar-refractivity contribution in [3.05, 3.63) is 59.5 Å². The number of ether oxygens (including phenoxy) is 2. The fraction of sp³-hybridized carbons (Fsp3) is 0.348. The van der Waals surface area contributed by atoms with Gasteiger partial charge in [-0.25, -0.2) is 0 Å². The highest BCUT2D eigenvalue weighted by atomic mass is 16.5. The van der Waals surface area contributed by atoms with Crippen molar-refractivity contribution in [3.8, 4) is 22.9 Å². The van der Waals surface area contributed by atoms with E-state index in [1.165, 1.54) is 5.56 Å². The van der Waals surface area contributed by atoms with Crippen LogP contribution in [-0.4, -0.2) is 41.7 Å². The molecule has 1 aromatic heterocycles. The number of benzene rings is 2. The molecule has 3 aromatic rings. The standard InChI is InChI=1S/C23H25N3O4/c1-15-6-8-16(9-7-15)13-21(27)26-12-4-5-18(26)23-24-22(25-30-23)17-10-11-19(28-2)20(14-17)29-3/h6-11,14,18H,4-5,12-13H2,1-3H3. The van der Waals surface area contributed by atoms with E-state index in [1.807, 2.05) is 48.2 Å². The van der Waals surface area contributed by atoms with Crippen LogP contribution in [-0.2, 0) is 11.2 Å². The van der Waals surface area contributed by atoms with E-state index in [1.54, 1.807) is 20.3 Å². The largest absolute Gasteiger partial charge is 0.493 e. The number of methoxy groups -OCH3 is 2. The van der Waals surface area contributed by atoms with E-state index >= 15 is 0 Å². The lowest BCUT2D eigenvalue weighted by molar-refractivity contribution is -0.131. The minimum atomic E-state index is -0.190. The zero-order valence-electron chi connectivity index (χ0n) is 17.4. The Morgan fingerprint density at radius 3 is 2.63 bits per heavy atom. The highest BCUT2D eigenvalue weighted by molar-refractivity contribution is 5.79. The van der Waals surface area contributed by atoms with Gasteiger partial charge in [0.15, 0.2) is 11.5 Å². The number of carbonyl (C=O) groups excluding carboxylic acids is 1. The number of nitrogens with zero attached hydrogens (tertiary/aromatic N) is 3. The molecule has 1 aliphatic heterocycles. The van der Waals surface area contributed by atoms with Gasteiger partial charge in [0, 0.05) is 12.1 Å². The predicted molar refractivity (Wildman–Crippen MR) is 111 cm³/mol. The molecule has 30 heavy (non-hydrogen) atoms. The van der Waals surface area contributed by atoms with Gasteiger partial charge in [0.25, 0.3) is 0 Å². The molecule has 2 aromatic carbocycles. The Balaban J connectivity index is 1.52. The van der Waals surface area contributed by atoms with E-state index in [0.29, 0.717) is 36.2 Å². The molecule has 1 amide bonds. The van der Waals surface area contributed by atoms with Gasteiger partial charge < -0.3 is 18.9 Å². The molecular weight excluding hydrogens is 382 g/mol. The van der Waals surface area contributed by atoms with E-state index in [2.05, 4.69) is 10.1 Å². The summed E-state index contributed by atoms with van der Waals surface area (Å²) in [6.07, 6.45) is 2.10. The second-order valence-corrected chi connectivity index (χ2v) is 7.43. The van der Waals surface area contributed by atoms with E-state index < -0.39 is 0 Å². The Kier molecular flexibility index (Phi) is 5.70. The molecule has 0 N–H and O–H groups in total. The molecule has 0 spiro atoms. The summed E-state index contributed by atoms with van der Waals surface area (Å²) < 4.78 is 16.2. The Hall–Kier alpha value is -3.35. The van der Waals surface area contributed by atoms with Crippen LogP contribution in [0.15, 0.2) is 47.0 Å². The van der Waals surface area contributed by atoms with Gasteiger partial charge in [-0.05, 0) is 43.5 Å². The van der Waals surface area contributed by atoms with Crippen LogP contribution in [0.4, 0.5) is 0 Å². The number of amides is 1. The van der Waals surface area contributed by atoms with Gasteiger partial charge in [-0.15, -0.1) is 0 Å². The summed E-state index contributed by atoms with van der Waals surface area (Å²) in [6.45, 7) is 2.73. The van der Waals surface area contributed by atoms with Gasteiger partial charge >= 0.3 is 0 Å². The molecule has 7 heteroatoms. The number of aromatic nitrogens is 2. The fourth-order valence-electron chi connectivity index (χ4n) is 3.77. The zero-order valence-corrected chi connectivity index (χ0v) is 17.4. The first-order valence-corrected chi connectivity index (χ1v) is 10.00. The highest BCUT2D eigenvalue weighted by Crippen LogP contribution is 2.34. The van der Waals surface area contributed by atoms with Crippen LogP contribution in [0.5, 0.6) is 11.5 Å². The first-order valence-electron chi connectivity index (χ1n) is 10.00. The second-order valence-electron chi connectivity index (χ2n) is 7.43. The highest BCUT2D eigenvalue weighted by Gasteiger charge is 2.34. The number of hydrogen-bond donors (Lipinski definition) is 0. The lowest BCUT2D eigenvalue weighted by atomic mass is 10.1. The lowest BCUT2D eigenvalue weighted by Gasteiger charge is -2.22. The van der Waals surface area contributed by atoms with E-state index in [4.69, 9.17) is 14.0 Å². The van der Waals surface area contributed by atoms with Gasteiger partial charge in [0.2, 0.25) is 17.6 Å². The van der Waals surface area contributed by atoms with Crippen molar-refractivity contribution in [1.29, 1.82) is 0 Å². The molecule has 0 aliphatic carbocycles. The van der Waals surface area contributed by atoms with Crippen molar-refractivity contribution in [2.45, 2.75) is 32.2 Å². The molecule has 1 aliphatic rings. The van der Waals surface area contributed by atoms with Crippen LogP contribution >= 0.6 is 0 Å². The third-order valence-corrected chi connectivity index (χ3v) is 5.42. The van der Waals surface area contributed by atoms with E-state index in [-0.39, 0.29) is 11.9 Å².